The van der Waals surface area contributed by atoms with Gasteiger partial charge in [0.05, 0.1) is 29.7 Å². The maximum absolute atomic E-state index is 13.0. The summed E-state index contributed by atoms with van der Waals surface area (Å²) in [7, 11) is 0. The third kappa shape index (κ3) is 4.02. The van der Waals surface area contributed by atoms with Crippen LogP contribution in [0.4, 0.5) is 13.2 Å². The summed E-state index contributed by atoms with van der Waals surface area (Å²) in [5, 5.41) is 15.4. The van der Waals surface area contributed by atoms with E-state index in [4.69, 9.17) is 16.3 Å². The number of ether oxygens (including phenoxy) is 2. The summed E-state index contributed by atoms with van der Waals surface area (Å²) in [4.78, 5) is 17.1. The minimum atomic E-state index is -4.77. The van der Waals surface area contributed by atoms with E-state index in [2.05, 4.69) is 14.8 Å². The second kappa shape index (κ2) is 7.94. The minimum absolute atomic E-state index is 0.0190. The molecule has 3 heterocycles. The van der Waals surface area contributed by atoms with Crippen LogP contribution < -0.4 is 9.47 Å². The fourth-order valence-corrected chi connectivity index (χ4v) is 6.11. The molecule has 2 atom stereocenters. The van der Waals surface area contributed by atoms with E-state index in [1.165, 1.54) is 12.1 Å². The van der Waals surface area contributed by atoms with E-state index in [0.29, 0.717) is 34.0 Å². The Morgan fingerprint density at radius 3 is 2.69 bits per heavy atom. The molecule has 3 aliphatic carbocycles. The first-order valence-electron chi connectivity index (χ1n) is 11.5. The van der Waals surface area contributed by atoms with Crippen molar-refractivity contribution >= 4 is 17.4 Å². The summed E-state index contributed by atoms with van der Waals surface area (Å²) < 4.78 is 48.7. The lowest BCUT2D eigenvalue weighted by atomic mass is 9.38. The molecule has 2 aromatic heterocycles. The number of fused-ring (bicyclic) bond motifs is 1. The van der Waals surface area contributed by atoms with Gasteiger partial charge in [-0.2, -0.15) is 5.10 Å². The number of pyridine rings is 1. The van der Waals surface area contributed by atoms with E-state index in [-0.39, 0.29) is 28.9 Å². The molecular weight excluding hydrogens is 499 g/mol. The zero-order valence-electron chi connectivity index (χ0n) is 18.8. The molecule has 7 nitrogen and oxygen atoms in total. The van der Waals surface area contributed by atoms with Crippen molar-refractivity contribution in [3.05, 3.63) is 59.5 Å². The number of alkyl halides is 3. The van der Waals surface area contributed by atoms with Crippen molar-refractivity contribution in [2.75, 3.05) is 0 Å². The summed E-state index contributed by atoms with van der Waals surface area (Å²) >= 11 is 6.00. The molecule has 36 heavy (non-hydrogen) atoms. The molecular formula is C25H21ClF3N3O4. The molecule has 3 saturated carbocycles. The second-order valence-corrected chi connectivity index (χ2v) is 10.5. The summed E-state index contributed by atoms with van der Waals surface area (Å²) in [6.45, 7) is 0. The number of Topliss-reactive ketones (excluding diaryl/α,β-unsaturated/α-hetero) is 1. The Hall–Kier alpha value is -3.11. The summed E-state index contributed by atoms with van der Waals surface area (Å²) in [5.74, 6) is 0.0853. The number of nitrogens with zero attached hydrogens (tertiary/aromatic N) is 3. The van der Waals surface area contributed by atoms with Crippen LogP contribution in [-0.2, 0) is 10.3 Å². The molecule has 11 heteroatoms. The molecule has 4 aliphatic rings. The number of benzene rings is 1. The fraction of sp³-hybridized carbons (Fsp3) is 0.400. The molecule has 1 N–H and O–H groups in total. The Balaban J connectivity index is 1.07. The van der Waals surface area contributed by atoms with Crippen LogP contribution >= 0.6 is 11.6 Å². The van der Waals surface area contributed by atoms with E-state index in [1.54, 1.807) is 24.4 Å². The van der Waals surface area contributed by atoms with Gasteiger partial charge in [0.15, 0.2) is 11.9 Å². The predicted molar refractivity (Wildman–Crippen MR) is 121 cm³/mol. The third-order valence-electron chi connectivity index (χ3n) is 7.39. The van der Waals surface area contributed by atoms with E-state index in [1.807, 2.05) is 10.9 Å². The topological polar surface area (TPSA) is 86.5 Å². The zero-order chi connectivity index (χ0) is 25.3. The summed E-state index contributed by atoms with van der Waals surface area (Å²) in [5.41, 5.74) is 1.52. The highest BCUT2D eigenvalue weighted by Crippen LogP contribution is 2.73. The lowest BCUT2D eigenvalue weighted by Gasteiger charge is -2.70. The molecule has 0 radical (unpaired) electrons. The molecule has 0 unspecified atom stereocenters. The quantitative estimate of drug-likeness (QED) is 0.480. The highest BCUT2D eigenvalue weighted by atomic mass is 35.5. The molecule has 188 valence electrons. The van der Waals surface area contributed by atoms with Crippen molar-refractivity contribution in [2.45, 2.75) is 56.2 Å². The van der Waals surface area contributed by atoms with E-state index in [0.717, 1.165) is 25.5 Å². The Morgan fingerprint density at radius 1 is 1.22 bits per heavy atom. The van der Waals surface area contributed by atoms with Crippen LogP contribution in [0.25, 0.3) is 11.3 Å². The minimum Gasteiger partial charge on any atom is -0.482 e. The summed E-state index contributed by atoms with van der Waals surface area (Å²) in [6.07, 6.45) is 1.24. The standard InChI is InChI=1S/C25H21ClF3N3O4/c26-15-1-4-21-17(5-15)19(33)6-22(35-21)20(34)7-23-11-24(12-23,13-23)32-10-14(8-31-32)18-3-2-16(9-30-18)36-25(27,28)29/h1-5,8-10,19,22,33H,6-7,11-13H2/t19-,22-,23?,24?/m1/s1. The Bertz CT molecular complexity index is 1320. The van der Waals surface area contributed by atoms with Gasteiger partial charge >= 0.3 is 6.36 Å². The molecule has 3 fully saturated rings. The maximum atomic E-state index is 13.0. The Labute approximate surface area is 208 Å². The fourth-order valence-electron chi connectivity index (χ4n) is 5.93. The van der Waals surface area contributed by atoms with Crippen LogP contribution in [0.3, 0.4) is 0 Å². The van der Waals surface area contributed by atoms with E-state index in [9.17, 15) is 23.1 Å². The second-order valence-electron chi connectivity index (χ2n) is 10.0. The number of hydrogen-bond donors (Lipinski definition) is 1. The van der Waals surface area contributed by atoms with Crippen LogP contribution in [0, 0.1) is 5.41 Å². The first-order valence-corrected chi connectivity index (χ1v) is 11.9. The van der Waals surface area contributed by atoms with E-state index < -0.39 is 18.6 Å². The Kier molecular flexibility index (Phi) is 5.14. The SMILES string of the molecule is O=C(CC12CC(n3cc(-c4ccc(OC(F)(F)F)cn4)cn3)(C1)C2)[C@H]1C[C@@H](O)c2cc(Cl)ccc2O1. The smallest absolute Gasteiger partial charge is 0.482 e. The number of hydrogen-bond acceptors (Lipinski definition) is 6. The molecule has 7 rings (SSSR count). The van der Waals surface area contributed by atoms with Gasteiger partial charge in [-0.1, -0.05) is 11.6 Å². The van der Waals surface area contributed by atoms with Crippen molar-refractivity contribution < 1.29 is 32.5 Å². The molecule has 0 spiro atoms. The van der Waals surface area contributed by atoms with Gasteiger partial charge in [0.1, 0.15) is 11.5 Å². The van der Waals surface area contributed by atoms with Crippen molar-refractivity contribution in [1.29, 1.82) is 0 Å². The third-order valence-corrected chi connectivity index (χ3v) is 7.63. The first-order chi connectivity index (χ1) is 17.0. The summed E-state index contributed by atoms with van der Waals surface area (Å²) in [6, 6.07) is 7.67. The number of carbonyl (C=O) groups is 1. The largest absolute Gasteiger partial charge is 0.573 e. The van der Waals surface area contributed by atoms with Crippen molar-refractivity contribution in [2.24, 2.45) is 5.41 Å². The van der Waals surface area contributed by atoms with Gasteiger partial charge in [0.25, 0.3) is 0 Å². The van der Waals surface area contributed by atoms with Crippen molar-refractivity contribution in [1.82, 2.24) is 14.8 Å². The number of halogens is 4. The van der Waals surface area contributed by atoms with Crippen molar-refractivity contribution in [3.63, 3.8) is 0 Å². The van der Waals surface area contributed by atoms with Crippen LogP contribution in [0.5, 0.6) is 11.5 Å². The number of aromatic nitrogens is 3. The van der Waals surface area contributed by atoms with Crippen LogP contribution in [0.1, 0.15) is 43.8 Å². The van der Waals surface area contributed by atoms with Gasteiger partial charge in [-0.25, -0.2) is 0 Å². The molecule has 2 bridgehead atoms. The monoisotopic (exact) mass is 519 g/mol. The average molecular weight is 520 g/mol. The van der Waals surface area contributed by atoms with Gasteiger partial charge in [-0.05, 0) is 55.0 Å². The van der Waals surface area contributed by atoms with Crippen molar-refractivity contribution in [3.8, 4) is 22.8 Å². The highest BCUT2D eigenvalue weighted by Gasteiger charge is 2.69. The van der Waals surface area contributed by atoms with Crippen LogP contribution in [0.15, 0.2) is 48.9 Å². The van der Waals surface area contributed by atoms with Gasteiger partial charge < -0.3 is 14.6 Å². The van der Waals surface area contributed by atoms with E-state index >= 15 is 0 Å². The number of ketones is 1. The number of aliphatic hydroxyl groups is 1. The normalized spacial score (nSPS) is 28.4. The first kappa shape index (κ1) is 23.3. The number of rotatable bonds is 6. The van der Waals surface area contributed by atoms with Gasteiger partial charge in [-0.3, -0.25) is 14.5 Å². The van der Waals surface area contributed by atoms with Gasteiger partial charge in [0.2, 0.25) is 0 Å². The number of carbonyl (C=O) groups excluding carboxylic acids is 1. The molecule has 1 aliphatic heterocycles. The van der Waals surface area contributed by atoms with Crippen LogP contribution in [-0.4, -0.2) is 38.1 Å². The lowest BCUT2D eigenvalue weighted by molar-refractivity contribution is -0.274. The van der Waals surface area contributed by atoms with Crippen LogP contribution in [0.2, 0.25) is 5.02 Å². The Morgan fingerprint density at radius 2 is 2.00 bits per heavy atom. The molecule has 0 amide bonds. The predicted octanol–water partition coefficient (Wildman–Crippen LogP) is 5.22. The lowest BCUT2D eigenvalue weighted by Crippen LogP contribution is -2.68. The molecule has 0 saturated heterocycles. The number of aliphatic hydroxyl groups excluding tert-OH is 1. The maximum Gasteiger partial charge on any atom is 0.573 e. The average Bonchev–Trinajstić information content (AvgIpc) is 3.24. The zero-order valence-corrected chi connectivity index (χ0v) is 19.6. The molecule has 3 aromatic rings. The van der Waals surface area contributed by atoms with Gasteiger partial charge in [0, 0.05) is 35.2 Å². The van der Waals surface area contributed by atoms with Gasteiger partial charge in [-0.15, -0.1) is 13.2 Å². The molecule has 1 aromatic carbocycles. The highest BCUT2D eigenvalue weighted by molar-refractivity contribution is 6.30.